The van der Waals surface area contributed by atoms with Crippen LogP contribution in [0.25, 0.3) is 0 Å². The summed E-state index contributed by atoms with van der Waals surface area (Å²) < 4.78 is 12.9. The molecule has 2 rings (SSSR count). The Hall–Kier alpha value is -3.02. The molecule has 2 N–H and O–H groups in total. The van der Waals surface area contributed by atoms with Gasteiger partial charge in [-0.3, -0.25) is 4.79 Å². The summed E-state index contributed by atoms with van der Waals surface area (Å²) in [6, 6.07) is 7.95. The number of hydrogen-bond acceptors (Lipinski definition) is 3. The summed E-state index contributed by atoms with van der Waals surface area (Å²) in [5.41, 5.74) is -1.25. The Morgan fingerprint density at radius 2 is 1.29 bits per heavy atom. The summed E-state index contributed by atoms with van der Waals surface area (Å²) in [5.74, 6) is -4.17. The van der Waals surface area contributed by atoms with Crippen molar-refractivity contribution in [2.24, 2.45) is 0 Å². The Labute approximate surface area is 118 Å². The zero-order valence-electron chi connectivity index (χ0n) is 10.5. The number of carboxylic acids is 2. The van der Waals surface area contributed by atoms with E-state index in [1.54, 1.807) is 0 Å². The van der Waals surface area contributed by atoms with Gasteiger partial charge < -0.3 is 10.2 Å². The molecule has 0 aromatic heterocycles. The van der Waals surface area contributed by atoms with Gasteiger partial charge >= 0.3 is 11.9 Å². The SMILES string of the molecule is O=C(O)c1cccc(C(=O)O)c1C(=O)c1ccc(F)cc1. The monoisotopic (exact) mass is 288 g/mol. The molecule has 0 radical (unpaired) electrons. The Morgan fingerprint density at radius 1 is 0.810 bits per heavy atom. The van der Waals surface area contributed by atoms with Crippen LogP contribution >= 0.6 is 0 Å². The number of halogens is 1. The first-order valence-electron chi connectivity index (χ1n) is 5.81. The summed E-state index contributed by atoms with van der Waals surface area (Å²) in [7, 11) is 0. The van der Waals surface area contributed by atoms with Gasteiger partial charge in [0.25, 0.3) is 0 Å². The molecule has 0 spiro atoms. The predicted molar refractivity (Wildman–Crippen MR) is 70.2 cm³/mol. The quantitative estimate of drug-likeness (QED) is 0.843. The van der Waals surface area contributed by atoms with Gasteiger partial charge in [0.15, 0.2) is 5.78 Å². The van der Waals surface area contributed by atoms with Crippen LogP contribution in [0.2, 0.25) is 0 Å². The van der Waals surface area contributed by atoms with Crippen LogP contribution in [0, 0.1) is 5.82 Å². The van der Waals surface area contributed by atoms with Gasteiger partial charge in [-0.05, 0) is 36.4 Å². The van der Waals surface area contributed by atoms with Gasteiger partial charge in [-0.1, -0.05) is 6.07 Å². The van der Waals surface area contributed by atoms with Crippen LogP contribution in [0.15, 0.2) is 42.5 Å². The second-order valence-electron chi connectivity index (χ2n) is 4.17. The minimum absolute atomic E-state index is 0.00704. The summed E-state index contributed by atoms with van der Waals surface area (Å²) in [5, 5.41) is 18.2. The standard InChI is InChI=1S/C15H9FO5/c16-9-6-4-8(5-7-9)13(17)12-10(14(18)19)2-1-3-11(12)15(20)21/h1-7H,(H,18,19)(H,20,21). The van der Waals surface area contributed by atoms with Crippen molar-refractivity contribution in [1.29, 1.82) is 0 Å². The van der Waals surface area contributed by atoms with E-state index in [0.717, 1.165) is 24.3 Å². The fraction of sp³-hybridized carbons (Fsp3) is 0. The minimum Gasteiger partial charge on any atom is -0.478 e. The van der Waals surface area contributed by atoms with Crippen molar-refractivity contribution in [2.75, 3.05) is 0 Å². The summed E-state index contributed by atoms with van der Waals surface area (Å²) in [4.78, 5) is 34.7. The summed E-state index contributed by atoms with van der Waals surface area (Å²) in [6.07, 6.45) is 0. The van der Waals surface area contributed by atoms with E-state index < -0.39 is 40.2 Å². The van der Waals surface area contributed by atoms with Crippen molar-refractivity contribution in [1.82, 2.24) is 0 Å². The van der Waals surface area contributed by atoms with Crippen molar-refractivity contribution in [3.63, 3.8) is 0 Å². The molecule has 0 unspecified atom stereocenters. The van der Waals surface area contributed by atoms with Crippen LogP contribution in [-0.2, 0) is 0 Å². The largest absolute Gasteiger partial charge is 0.478 e. The number of benzene rings is 2. The van der Waals surface area contributed by atoms with E-state index in [-0.39, 0.29) is 5.56 Å². The van der Waals surface area contributed by atoms with Crippen molar-refractivity contribution in [3.05, 3.63) is 70.5 Å². The zero-order valence-corrected chi connectivity index (χ0v) is 10.5. The number of rotatable bonds is 4. The molecular formula is C15H9FO5. The lowest BCUT2D eigenvalue weighted by Gasteiger charge is -2.09. The smallest absolute Gasteiger partial charge is 0.336 e. The minimum atomic E-state index is -1.41. The van der Waals surface area contributed by atoms with Gasteiger partial charge in [0.1, 0.15) is 5.82 Å². The van der Waals surface area contributed by atoms with E-state index in [0.29, 0.717) is 0 Å². The van der Waals surface area contributed by atoms with E-state index in [1.807, 2.05) is 0 Å². The third kappa shape index (κ3) is 2.79. The van der Waals surface area contributed by atoms with Gasteiger partial charge in [0.05, 0.1) is 16.7 Å². The molecule has 0 atom stereocenters. The van der Waals surface area contributed by atoms with Crippen LogP contribution in [0.5, 0.6) is 0 Å². The fourth-order valence-electron chi connectivity index (χ4n) is 1.90. The van der Waals surface area contributed by atoms with Gasteiger partial charge in [-0.2, -0.15) is 0 Å². The molecule has 0 saturated carbocycles. The molecule has 21 heavy (non-hydrogen) atoms. The number of carboxylic acid groups (broad SMARTS) is 2. The summed E-state index contributed by atoms with van der Waals surface area (Å²) in [6.45, 7) is 0. The van der Waals surface area contributed by atoms with Crippen LogP contribution in [0.4, 0.5) is 4.39 Å². The predicted octanol–water partition coefficient (Wildman–Crippen LogP) is 2.45. The molecule has 0 saturated heterocycles. The Bertz CT molecular complexity index is 702. The number of carbonyl (C=O) groups is 3. The van der Waals surface area contributed by atoms with Crippen molar-refractivity contribution < 1.29 is 29.0 Å². The molecule has 0 aliphatic rings. The lowest BCUT2D eigenvalue weighted by atomic mass is 9.93. The number of aromatic carboxylic acids is 2. The zero-order chi connectivity index (χ0) is 15.6. The normalized spacial score (nSPS) is 10.1. The average Bonchev–Trinajstić information content (AvgIpc) is 2.46. The second-order valence-corrected chi connectivity index (χ2v) is 4.17. The fourth-order valence-corrected chi connectivity index (χ4v) is 1.90. The van der Waals surface area contributed by atoms with E-state index >= 15 is 0 Å². The molecule has 0 aliphatic heterocycles. The lowest BCUT2D eigenvalue weighted by molar-refractivity contribution is 0.0689. The van der Waals surface area contributed by atoms with E-state index in [4.69, 9.17) is 10.2 Å². The van der Waals surface area contributed by atoms with Crippen molar-refractivity contribution >= 4 is 17.7 Å². The third-order valence-corrected chi connectivity index (χ3v) is 2.86. The van der Waals surface area contributed by atoms with Gasteiger partial charge in [0.2, 0.25) is 0 Å². The maximum absolute atomic E-state index is 12.9. The van der Waals surface area contributed by atoms with Crippen molar-refractivity contribution in [2.45, 2.75) is 0 Å². The van der Waals surface area contributed by atoms with Gasteiger partial charge in [0, 0.05) is 5.56 Å². The first-order valence-corrected chi connectivity index (χ1v) is 5.81. The van der Waals surface area contributed by atoms with Gasteiger partial charge in [-0.25, -0.2) is 14.0 Å². The van der Waals surface area contributed by atoms with E-state index in [9.17, 15) is 18.8 Å². The molecule has 2 aromatic carbocycles. The highest BCUT2D eigenvalue weighted by atomic mass is 19.1. The molecule has 106 valence electrons. The number of ketones is 1. The molecular weight excluding hydrogens is 279 g/mol. The molecule has 6 heteroatoms. The Kier molecular flexibility index (Phi) is 3.80. The molecule has 0 amide bonds. The highest BCUT2D eigenvalue weighted by molar-refractivity contribution is 6.18. The van der Waals surface area contributed by atoms with Crippen LogP contribution in [0.3, 0.4) is 0 Å². The molecule has 5 nitrogen and oxygen atoms in total. The van der Waals surface area contributed by atoms with Crippen LogP contribution in [-0.4, -0.2) is 27.9 Å². The van der Waals surface area contributed by atoms with E-state index in [1.165, 1.54) is 18.2 Å². The van der Waals surface area contributed by atoms with Crippen molar-refractivity contribution in [3.8, 4) is 0 Å². The molecule has 0 aliphatic carbocycles. The third-order valence-electron chi connectivity index (χ3n) is 2.86. The first-order chi connectivity index (χ1) is 9.91. The first kappa shape index (κ1) is 14.4. The average molecular weight is 288 g/mol. The molecule has 0 heterocycles. The number of hydrogen-bond donors (Lipinski definition) is 2. The van der Waals surface area contributed by atoms with E-state index in [2.05, 4.69) is 0 Å². The Balaban J connectivity index is 2.65. The maximum atomic E-state index is 12.9. The van der Waals surface area contributed by atoms with Gasteiger partial charge in [-0.15, -0.1) is 0 Å². The second kappa shape index (κ2) is 5.54. The Morgan fingerprint density at radius 3 is 1.71 bits per heavy atom. The topological polar surface area (TPSA) is 91.7 Å². The molecule has 0 bridgehead atoms. The van der Waals surface area contributed by atoms with Crippen LogP contribution < -0.4 is 0 Å². The summed E-state index contributed by atoms with van der Waals surface area (Å²) >= 11 is 0. The lowest BCUT2D eigenvalue weighted by Crippen LogP contribution is -2.15. The molecule has 0 fully saturated rings. The highest BCUT2D eigenvalue weighted by Gasteiger charge is 2.24. The highest BCUT2D eigenvalue weighted by Crippen LogP contribution is 2.20. The molecule has 2 aromatic rings. The maximum Gasteiger partial charge on any atom is 0.336 e. The number of carbonyl (C=O) groups excluding carboxylic acids is 1. The van der Waals surface area contributed by atoms with Crippen LogP contribution in [0.1, 0.15) is 36.6 Å².